The monoisotopic (exact) mass is 403 g/mol. The van der Waals surface area contributed by atoms with E-state index < -0.39 is 45.9 Å². The molecule has 2 atom stereocenters. The molecule has 1 fully saturated rings. The Hall–Kier alpha value is -2.07. The quantitative estimate of drug-likeness (QED) is 0.715. The third-order valence-corrected chi connectivity index (χ3v) is 5.76. The van der Waals surface area contributed by atoms with Crippen molar-refractivity contribution in [3.63, 3.8) is 0 Å². The molecule has 0 saturated heterocycles. The molecule has 2 N–H and O–H groups in total. The number of Topliss-reactive ketones (excluding diaryl/α,β-unsaturated/α-hetero) is 1. The van der Waals surface area contributed by atoms with Crippen LogP contribution < -0.4 is 10.1 Å². The van der Waals surface area contributed by atoms with Crippen molar-refractivity contribution in [1.29, 1.82) is 0 Å². The van der Waals surface area contributed by atoms with Gasteiger partial charge in [-0.25, -0.2) is 8.42 Å². The van der Waals surface area contributed by atoms with E-state index in [1.165, 1.54) is 24.3 Å². The first-order chi connectivity index (χ1) is 12.7. The molecule has 1 aromatic carbocycles. The van der Waals surface area contributed by atoms with Gasteiger partial charge in [0.1, 0.15) is 5.75 Å². The van der Waals surface area contributed by atoms with Crippen molar-refractivity contribution in [1.82, 2.24) is 5.32 Å². The van der Waals surface area contributed by atoms with Gasteiger partial charge in [0, 0.05) is 17.7 Å². The molecule has 1 amide bonds. The number of hydrogen-bond acceptors (Lipinski definition) is 5. The number of carbonyl (C=O) groups is 2. The zero-order valence-corrected chi connectivity index (χ0v) is 15.3. The summed E-state index contributed by atoms with van der Waals surface area (Å²) in [5.74, 6) is -2.66. The number of benzene rings is 1. The van der Waals surface area contributed by atoms with Crippen LogP contribution in [0.1, 0.15) is 31.2 Å². The van der Waals surface area contributed by atoms with E-state index in [4.69, 9.17) is 5.73 Å². The van der Waals surface area contributed by atoms with Crippen LogP contribution in [0.2, 0.25) is 0 Å². The van der Waals surface area contributed by atoms with Crippen LogP contribution in [0, 0.1) is 0 Å². The predicted molar refractivity (Wildman–Crippen MR) is 94.1 cm³/mol. The second-order valence-electron chi connectivity index (χ2n) is 6.37. The topological polar surface area (TPSA) is 113 Å². The Morgan fingerprint density at radius 2 is 2.00 bits per heavy atom. The number of para-hydroxylation sites is 1. The normalized spacial score (nSPS) is 19.0. The summed E-state index contributed by atoms with van der Waals surface area (Å²) in [6.45, 7) is -3.10. The first-order valence-electron chi connectivity index (χ1n) is 8.45. The number of amides is 1. The van der Waals surface area contributed by atoms with Crippen molar-refractivity contribution in [3.8, 4) is 5.75 Å². The molecule has 0 heterocycles. The van der Waals surface area contributed by atoms with Crippen LogP contribution >= 0.6 is 0 Å². The lowest BCUT2D eigenvalue weighted by Crippen LogP contribution is -2.47. The van der Waals surface area contributed by atoms with E-state index in [1.54, 1.807) is 0 Å². The van der Waals surface area contributed by atoms with Crippen molar-refractivity contribution in [2.45, 2.75) is 50.1 Å². The summed E-state index contributed by atoms with van der Waals surface area (Å²) in [7, 11) is -3.95. The Morgan fingerprint density at radius 3 is 2.67 bits per heavy atom. The predicted octanol–water partition coefficient (Wildman–Crippen LogP) is 2.25. The SMILES string of the molecule is [NH-]C(CS(=O)(=O)Cc1ccccc1OC(F)F)C(=O)NC1CCCCC1=O. The van der Waals surface area contributed by atoms with Crippen LogP contribution in [-0.4, -0.2) is 44.6 Å². The summed E-state index contributed by atoms with van der Waals surface area (Å²) in [6.07, 6.45) is 2.36. The van der Waals surface area contributed by atoms with E-state index in [2.05, 4.69) is 10.1 Å². The van der Waals surface area contributed by atoms with Crippen molar-refractivity contribution < 1.29 is 31.5 Å². The summed E-state index contributed by atoms with van der Waals surface area (Å²) < 4.78 is 53.7. The van der Waals surface area contributed by atoms with Gasteiger partial charge >= 0.3 is 6.61 Å². The minimum atomic E-state index is -3.95. The fourth-order valence-electron chi connectivity index (χ4n) is 2.87. The first-order valence-corrected chi connectivity index (χ1v) is 10.3. The lowest BCUT2D eigenvalue weighted by molar-refractivity contribution is -0.128. The molecule has 0 bridgehead atoms. The number of alkyl halides is 2. The molecule has 27 heavy (non-hydrogen) atoms. The van der Waals surface area contributed by atoms with E-state index in [1.807, 2.05) is 0 Å². The van der Waals surface area contributed by atoms with E-state index in [0.717, 1.165) is 12.8 Å². The van der Waals surface area contributed by atoms with Crippen LogP contribution in [0.15, 0.2) is 24.3 Å². The lowest BCUT2D eigenvalue weighted by atomic mass is 9.94. The van der Waals surface area contributed by atoms with Crippen molar-refractivity contribution in [3.05, 3.63) is 35.6 Å². The molecule has 0 radical (unpaired) electrons. The minimum Gasteiger partial charge on any atom is -0.666 e. The summed E-state index contributed by atoms with van der Waals surface area (Å²) in [5.41, 5.74) is 7.82. The second-order valence-corrected chi connectivity index (χ2v) is 8.48. The van der Waals surface area contributed by atoms with Crippen molar-refractivity contribution in [2.24, 2.45) is 0 Å². The molecule has 10 heteroatoms. The number of hydrogen-bond donors (Lipinski definition) is 1. The highest BCUT2D eigenvalue weighted by Gasteiger charge is 2.26. The van der Waals surface area contributed by atoms with Gasteiger partial charge in [-0.15, -0.1) is 0 Å². The van der Waals surface area contributed by atoms with Gasteiger partial charge in [0.15, 0.2) is 15.6 Å². The van der Waals surface area contributed by atoms with E-state index >= 15 is 0 Å². The van der Waals surface area contributed by atoms with Crippen molar-refractivity contribution in [2.75, 3.05) is 5.75 Å². The molecule has 2 rings (SSSR count). The zero-order chi connectivity index (χ0) is 20.0. The van der Waals surface area contributed by atoms with Gasteiger partial charge in [-0.1, -0.05) is 24.6 Å². The molecule has 0 aromatic heterocycles. The molecule has 7 nitrogen and oxygen atoms in total. The highest BCUT2D eigenvalue weighted by Crippen LogP contribution is 2.23. The van der Waals surface area contributed by atoms with Crippen LogP contribution in [0.3, 0.4) is 0 Å². The number of ketones is 1. The number of sulfone groups is 1. The second kappa shape index (κ2) is 9.23. The van der Waals surface area contributed by atoms with Crippen LogP contribution in [0.5, 0.6) is 5.75 Å². The highest BCUT2D eigenvalue weighted by molar-refractivity contribution is 7.90. The van der Waals surface area contributed by atoms with Crippen LogP contribution in [0.25, 0.3) is 5.73 Å². The largest absolute Gasteiger partial charge is 0.666 e. The third kappa shape index (κ3) is 6.55. The number of nitrogens with one attached hydrogen (secondary N) is 2. The molecule has 1 aliphatic carbocycles. The van der Waals surface area contributed by atoms with Crippen molar-refractivity contribution >= 4 is 21.5 Å². The van der Waals surface area contributed by atoms with E-state index in [9.17, 15) is 26.8 Å². The molecule has 150 valence electrons. The van der Waals surface area contributed by atoms with Crippen LogP contribution in [-0.2, 0) is 25.2 Å². The van der Waals surface area contributed by atoms with Gasteiger partial charge in [-0.05, 0) is 24.9 Å². The average molecular weight is 403 g/mol. The Kier molecular flexibility index (Phi) is 7.25. The number of rotatable bonds is 8. The molecular weight excluding hydrogens is 382 g/mol. The van der Waals surface area contributed by atoms with E-state index in [0.29, 0.717) is 12.8 Å². The molecular formula is C17H21F2N2O5S-. The Bertz CT molecular complexity index is 785. The number of ether oxygens (including phenoxy) is 1. The Balaban J connectivity index is 1.99. The molecule has 2 unspecified atom stereocenters. The van der Waals surface area contributed by atoms with Gasteiger partial charge in [-0.2, -0.15) is 8.78 Å². The number of carbonyl (C=O) groups excluding carboxylic acids is 2. The summed E-state index contributed by atoms with van der Waals surface area (Å²) in [4.78, 5) is 23.8. The fraction of sp³-hybridized carbons (Fsp3) is 0.529. The smallest absolute Gasteiger partial charge is 0.387 e. The zero-order valence-electron chi connectivity index (χ0n) is 14.5. The van der Waals surface area contributed by atoms with Gasteiger partial charge in [0.05, 0.1) is 11.8 Å². The van der Waals surface area contributed by atoms with Gasteiger partial charge in [0.2, 0.25) is 5.91 Å². The molecule has 1 saturated carbocycles. The van der Waals surface area contributed by atoms with Gasteiger partial charge in [-0.3, -0.25) is 9.59 Å². The lowest BCUT2D eigenvalue weighted by Gasteiger charge is -2.26. The Labute approximate surface area is 156 Å². The maximum Gasteiger partial charge on any atom is 0.387 e. The summed E-state index contributed by atoms with van der Waals surface area (Å²) >= 11 is 0. The first kappa shape index (κ1) is 21.2. The maximum absolute atomic E-state index is 12.4. The molecule has 1 aliphatic rings. The third-order valence-electron chi connectivity index (χ3n) is 4.17. The minimum absolute atomic E-state index is 0.0212. The van der Waals surface area contributed by atoms with Crippen LogP contribution in [0.4, 0.5) is 8.78 Å². The average Bonchev–Trinajstić information content (AvgIpc) is 2.57. The Morgan fingerprint density at radius 1 is 1.30 bits per heavy atom. The van der Waals surface area contributed by atoms with Gasteiger partial charge < -0.3 is 15.8 Å². The van der Waals surface area contributed by atoms with Gasteiger partial charge in [0.25, 0.3) is 0 Å². The maximum atomic E-state index is 12.4. The molecule has 1 aromatic rings. The summed E-state index contributed by atoms with van der Waals surface area (Å²) in [5, 5.41) is 2.43. The molecule has 0 spiro atoms. The molecule has 0 aliphatic heterocycles. The van der Waals surface area contributed by atoms with E-state index in [-0.39, 0.29) is 17.1 Å². The highest BCUT2D eigenvalue weighted by atomic mass is 32.2. The fourth-order valence-corrected chi connectivity index (χ4v) is 4.36. The summed E-state index contributed by atoms with van der Waals surface area (Å²) in [6, 6.07) is 3.15. The standard InChI is InChI=1S/C17H21F2N2O5S/c18-17(19)26-15-8-4-1-5-11(15)9-27(24,25)10-12(20)16(23)21-13-6-2-3-7-14(13)22/h1,4-5,8,12-13,17,20H,2-3,6-7,9-10H2,(H,21,23)/q-1. The number of halogens is 2.